The SMILES string of the molecule is CS(=O)(=O)c1ccccc1-c1cc(O)c2nc[nH]c(=O)c2c1. The van der Waals surface area contributed by atoms with Crippen LogP contribution in [0.3, 0.4) is 0 Å². The summed E-state index contributed by atoms with van der Waals surface area (Å²) < 4.78 is 23.8. The van der Waals surface area contributed by atoms with Gasteiger partial charge in [-0.3, -0.25) is 4.79 Å². The number of aromatic hydroxyl groups is 1. The highest BCUT2D eigenvalue weighted by Gasteiger charge is 2.16. The van der Waals surface area contributed by atoms with E-state index in [2.05, 4.69) is 9.97 Å². The van der Waals surface area contributed by atoms with E-state index in [1.807, 2.05) is 0 Å². The van der Waals surface area contributed by atoms with Gasteiger partial charge in [-0.15, -0.1) is 0 Å². The number of H-pyrrole nitrogens is 1. The fraction of sp³-hybridized carbons (Fsp3) is 0.0667. The molecule has 0 fully saturated rings. The van der Waals surface area contributed by atoms with Gasteiger partial charge in [-0.2, -0.15) is 0 Å². The molecule has 3 rings (SSSR count). The van der Waals surface area contributed by atoms with Crippen LogP contribution in [0.5, 0.6) is 5.75 Å². The Morgan fingerprint density at radius 2 is 1.91 bits per heavy atom. The first-order valence-corrected chi connectivity index (χ1v) is 8.27. The van der Waals surface area contributed by atoms with Gasteiger partial charge in [-0.25, -0.2) is 13.4 Å². The number of nitrogens with one attached hydrogen (secondary N) is 1. The van der Waals surface area contributed by atoms with Gasteiger partial charge in [0.15, 0.2) is 9.84 Å². The summed E-state index contributed by atoms with van der Waals surface area (Å²) in [6.07, 6.45) is 2.32. The normalized spacial score (nSPS) is 11.7. The molecule has 0 radical (unpaired) electrons. The molecular weight excluding hydrogens is 304 g/mol. The van der Waals surface area contributed by atoms with Crippen molar-refractivity contribution < 1.29 is 13.5 Å². The quantitative estimate of drug-likeness (QED) is 0.749. The summed E-state index contributed by atoms with van der Waals surface area (Å²) in [5.74, 6) is -0.179. The van der Waals surface area contributed by atoms with Crippen molar-refractivity contribution in [2.45, 2.75) is 4.90 Å². The maximum atomic E-state index is 11.9. The zero-order valence-electron chi connectivity index (χ0n) is 11.6. The minimum Gasteiger partial charge on any atom is -0.506 e. The predicted molar refractivity (Wildman–Crippen MR) is 82.6 cm³/mol. The Morgan fingerprint density at radius 1 is 1.18 bits per heavy atom. The summed E-state index contributed by atoms with van der Waals surface area (Å²) in [5, 5.41) is 10.3. The van der Waals surface area contributed by atoms with Crippen molar-refractivity contribution in [1.29, 1.82) is 0 Å². The molecule has 0 saturated heterocycles. The Balaban J connectivity index is 2.38. The molecule has 0 saturated carbocycles. The molecule has 112 valence electrons. The smallest absolute Gasteiger partial charge is 0.258 e. The van der Waals surface area contributed by atoms with Crippen molar-refractivity contribution in [1.82, 2.24) is 9.97 Å². The monoisotopic (exact) mass is 316 g/mol. The average molecular weight is 316 g/mol. The van der Waals surface area contributed by atoms with Crippen molar-refractivity contribution in [3.8, 4) is 16.9 Å². The number of sulfone groups is 1. The van der Waals surface area contributed by atoms with E-state index in [1.165, 1.54) is 24.5 Å². The molecule has 0 aliphatic heterocycles. The van der Waals surface area contributed by atoms with Crippen molar-refractivity contribution in [2.75, 3.05) is 6.26 Å². The first kappa shape index (κ1) is 14.3. The van der Waals surface area contributed by atoms with E-state index in [9.17, 15) is 18.3 Å². The lowest BCUT2D eigenvalue weighted by Gasteiger charge is -2.09. The second kappa shape index (κ2) is 4.96. The Kier molecular flexibility index (Phi) is 3.22. The molecule has 0 unspecified atom stereocenters. The van der Waals surface area contributed by atoms with Crippen molar-refractivity contribution in [3.63, 3.8) is 0 Å². The maximum absolute atomic E-state index is 11.9. The fourth-order valence-corrected chi connectivity index (χ4v) is 3.26. The first-order chi connectivity index (χ1) is 10.4. The van der Waals surface area contributed by atoms with E-state index >= 15 is 0 Å². The lowest BCUT2D eigenvalue weighted by atomic mass is 10.0. The highest BCUT2D eigenvalue weighted by molar-refractivity contribution is 7.90. The first-order valence-electron chi connectivity index (χ1n) is 6.38. The van der Waals surface area contributed by atoms with Gasteiger partial charge in [0.2, 0.25) is 0 Å². The third kappa shape index (κ3) is 2.35. The molecule has 1 aromatic heterocycles. The Morgan fingerprint density at radius 3 is 2.64 bits per heavy atom. The van der Waals surface area contributed by atoms with E-state index in [0.29, 0.717) is 11.1 Å². The number of benzene rings is 2. The van der Waals surface area contributed by atoms with Crippen LogP contribution in [0.1, 0.15) is 0 Å². The zero-order valence-corrected chi connectivity index (χ0v) is 12.4. The molecule has 0 bridgehead atoms. The summed E-state index contributed by atoms with van der Waals surface area (Å²) >= 11 is 0. The number of nitrogens with zero attached hydrogens (tertiary/aromatic N) is 1. The largest absolute Gasteiger partial charge is 0.506 e. The van der Waals surface area contributed by atoms with Gasteiger partial charge in [-0.05, 0) is 23.8 Å². The van der Waals surface area contributed by atoms with Crippen LogP contribution in [0.4, 0.5) is 0 Å². The molecular formula is C15H12N2O4S. The zero-order chi connectivity index (χ0) is 15.9. The second-order valence-electron chi connectivity index (χ2n) is 4.89. The molecule has 0 amide bonds. The van der Waals surface area contributed by atoms with Crippen LogP contribution in [-0.4, -0.2) is 29.7 Å². The van der Waals surface area contributed by atoms with E-state index < -0.39 is 15.4 Å². The lowest BCUT2D eigenvalue weighted by molar-refractivity contribution is 0.480. The van der Waals surface area contributed by atoms with E-state index in [0.717, 1.165) is 6.26 Å². The minimum atomic E-state index is -3.44. The molecule has 3 aromatic rings. The molecule has 0 spiro atoms. The van der Waals surface area contributed by atoms with Gasteiger partial charge in [0, 0.05) is 11.8 Å². The van der Waals surface area contributed by atoms with Gasteiger partial charge in [0.05, 0.1) is 16.6 Å². The van der Waals surface area contributed by atoms with Crippen LogP contribution < -0.4 is 5.56 Å². The molecule has 6 nitrogen and oxygen atoms in total. The van der Waals surface area contributed by atoms with Gasteiger partial charge in [-0.1, -0.05) is 18.2 Å². The maximum Gasteiger partial charge on any atom is 0.258 e. The van der Waals surface area contributed by atoms with Crippen LogP contribution in [0.2, 0.25) is 0 Å². The summed E-state index contributed by atoms with van der Waals surface area (Å²) in [4.78, 5) is 18.4. The summed E-state index contributed by atoms with van der Waals surface area (Å²) in [6, 6.07) is 9.35. The molecule has 0 atom stereocenters. The van der Waals surface area contributed by atoms with Gasteiger partial charge < -0.3 is 10.1 Å². The van der Waals surface area contributed by atoms with Crippen molar-refractivity contribution in [2.24, 2.45) is 0 Å². The number of aromatic nitrogens is 2. The highest BCUT2D eigenvalue weighted by atomic mass is 32.2. The van der Waals surface area contributed by atoms with Crippen molar-refractivity contribution >= 4 is 20.7 Å². The lowest BCUT2D eigenvalue weighted by Crippen LogP contribution is -2.06. The third-order valence-electron chi connectivity index (χ3n) is 3.32. The number of phenolic OH excluding ortho intramolecular Hbond substituents is 1. The number of fused-ring (bicyclic) bond motifs is 1. The Bertz CT molecular complexity index is 1040. The molecule has 2 N–H and O–H groups in total. The Hall–Kier alpha value is -2.67. The Labute approximate surface area is 126 Å². The van der Waals surface area contributed by atoms with Crippen molar-refractivity contribution in [3.05, 3.63) is 53.1 Å². The van der Waals surface area contributed by atoms with E-state index in [-0.39, 0.29) is 21.5 Å². The highest BCUT2D eigenvalue weighted by Crippen LogP contribution is 2.32. The van der Waals surface area contributed by atoms with Crippen LogP contribution in [0.15, 0.2) is 52.4 Å². The number of hydrogen-bond donors (Lipinski definition) is 2. The minimum absolute atomic E-state index is 0.133. The summed E-state index contributed by atoms with van der Waals surface area (Å²) in [6.45, 7) is 0. The predicted octanol–water partition coefficient (Wildman–Crippen LogP) is 1.70. The topological polar surface area (TPSA) is 100 Å². The third-order valence-corrected chi connectivity index (χ3v) is 4.48. The molecule has 22 heavy (non-hydrogen) atoms. The van der Waals surface area contributed by atoms with Crippen LogP contribution in [0, 0.1) is 0 Å². The van der Waals surface area contributed by atoms with E-state index in [1.54, 1.807) is 18.2 Å². The molecule has 0 aliphatic rings. The van der Waals surface area contributed by atoms with Crippen LogP contribution in [0.25, 0.3) is 22.0 Å². The van der Waals surface area contributed by atoms with E-state index in [4.69, 9.17) is 0 Å². The fourth-order valence-electron chi connectivity index (χ4n) is 2.35. The number of rotatable bonds is 2. The van der Waals surface area contributed by atoms with Gasteiger partial charge >= 0.3 is 0 Å². The summed E-state index contributed by atoms with van der Waals surface area (Å²) in [7, 11) is -3.44. The van der Waals surface area contributed by atoms with Gasteiger partial charge in [0.1, 0.15) is 11.3 Å². The van der Waals surface area contributed by atoms with Gasteiger partial charge in [0.25, 0.3) is 5.56 Å². The number of hydrogen-bond acceptors (Lipinski definition) is 5. The van der Waals surface area contributed by atoms with Crippen LogP contribution in [-0.2, 0) is 9.84 Å². The van der Waals surface area contributed by atoms with Crippen LogP contribution >= 0.6 is 0 Å². The molecule has 0 aliphatic carbocycles. The standard InChI is InChI=1S/C15H12N2O4S/c1-22(20,21)13-5-3-2-4-10(13)9-6-11-14(12(18)7-9)16-8-17-15(11)19/h2-8,18H,1H3,(H,16,17,19). The average Bonchev–Trinajstić information content (AvgIpc) is 2.47. The molecule has 7 heteroatoms. The molecule has 1 heterocycles. The second-order valence-corrected chi connectivity index (χ2v) is 6.88. The summed E-state index contributed by atoms with van der Waals surface area (Å²) in [5.41, 5.74) is 0.623. The molecule has 2 aromatic carbocycles. The number of phenols is 1. The number of aromatic amines is 1.